The summed E-state index contributed by atoms with van der Waals surface area (Å²) in [4.78, 5) is 26.5. The average molecular weight is 449 g/mol. The lowest BCUT2D eigenvalue weighted by Gasteiger charge is -2.56. The third kappa shape index (κ3) is 4.88. The molecule has 168 valence electrons. The zero-order chi connectivity index (χ0) is 22.0. The predicted molar refractivity (Wildman–Crippen MR) is 129 cm³/mol. The van der Waals surface area contributed by atoms with E-state index in [1.165, 1.54) is 36.6 Å². The Labute approximate surface area is 194 Å². The third-order valence-electron chi connectivity index (χ3n) is 7.48. The van der Waals surface area contributed by atoms with Crippen molar-refractivity contribution in [1.29, 1.82) is 0 Å². The molecule has 0 heterocycles. The first-order valence-corrected chi connectivity index (χ1v) is 12.9. The summed E-state index contributed by atoms with van der Waals surface area (Å²) in [6.07, 6.45) is 8.40. The molecule has 4 aliphatic carbocycles. The Morgan fingerprint density at radius 1 is 0.875 bits per heavy atom. The second-order valence-electron chi connectivity index (χ2n) is 10.0. The van der Waals surface area contributed by atoms with Gasteiger partial charge < -0.3 is 10.6 Å². The number of thioether (sulfide) groups is 1. The van der Waals surface area contributed by atoms with Crippen LogP contribution in [-0.4, -0.2) is 29.7 Å². The summed E-state index contributed by atoms with van der Waals surface area (Å²) in [5.41, 5.74) is 1.89. The highest BCUT2D eigenvalue weighted by Crippen LogP contribution is 2.55. The van der Waals surface area contributed by atoms with Crippen LogP contribution in [0.2, 0.25) is 0 Å². The minimum atomic E-state index is -0.0782. The number of hydrogen-bond acceptors (Lipinski definition) is 3. The van der Waals surface area contributed by atoms with Crippen molar-refractivity contribution in [3.63, 3.8) is 0 Å². The molecule has 2 N–H and O–H groups in total. The first-order valence-electron chi connectivity index (χ1n) is 11.9. The van der Waals surface area contributed by atoms with Crippen LogP contribution in [0.5, 0.6) is 0 Å². The molecule has 0 aromatic heterocycles. The normalized spacial score (nSPS) is 27.8. The number of benzene rings is 2. The Kier molecular flexibility index (Phi) is 6.27. The van der Waals surface area contributed by atoms with Gasteiger partial charge in [0.1, 0.15) is 0 Å². The Morgan fingerprint density at radius 3 is 2.19 bits per heavy atom. The molecule has 0 radical (unpaired) electrons. The summed E-state index contributed by atoms with van der Waals surface area (Å²) in [6, 6.07) is 17.7. The smallest absolute Gasteiger partial charge is 0.252 e. The molecule has 2 amide bonds. The van der Waals surface area contributed by atoms with E-state index in [1.807, 2.05) is 42.5 Å². The highest BCUT2D eigenvalue weighted by molar-refractivity contribution is 8.00. The van der Waals surface area contributed by atoms with E-state index in [1.54, 1.807) is 0 Å². The summed E-state index contributed by atoms with van der Waals surface area (Å²) in [5, 5.41) is 6.46. The summed E-state index contributed by atoms with van der Waals surface area (Å²) < 4.78 is 0. The molecule has 4 aliphatic rings. The maximum atomic E-state index is 12.9. The van der Waals surface area contributed by atoms with Crippen LogP contribution in [0.4, 0.5) is 0 Å². The lowest BCUT2D eigenvalue weighted by molar-refractivity contribution is -0.124. The van der Waals surface area contributed by atoms with Crippen molar-refractivity contribution in [3.05, 3.63) is 65.7 Å². The topological polar surface area (TPSA) is 58.2 Å². The van der Waals surface area contributed by atoms with E-state index in [2.05, 4.69) is 22.8 Å². The third-order valence-corrected chi connectivity index (χ3v) is 8.55. The fourth-order valence-electron chi connectivity index (χ4n) is 6.58. The van der Waals surface area contributed by atoms with Gasteiger partial charge in [0.05, 0.1) is 11.3 Å². The fourth-order valence-corrected chi connectivity index (χ4v) is 7.43. The van der Waals surface area contributed by atoms with Crippen molar-refractivity contribution in [3.8, 4) is 0 Å². The van der Waals surface area contributed by atoms with Gasteiger partial charge in [-0.15, -0.1) is 11.8 Å². The van der Waals surface area contributed by atoms with Crippen LogP contribution < -0.4 is 10.6 Å². The van der Waals surface area contributed by atoms with E-state index in [4.69, 9.17) is 0 Å². The second kappa shape index (κ2) is 9.30. The van der Waals surface area contributed by atoms with E-state index in [9.17, 15) is 9.59 Å². The van der Waals surface area contributed by atoms with Crippen molar-refractivity contribution in [2.24, 2.45) is 17.8 Å². The Hall–Kier alpha value is -2.27. The van der Waals surface area contributed by atoms with Gasteiger partial charge in [-0.05, 0) is 80.4 Å². The van der Waals surface area contributed by atoms with Gasteiger partial charge in [-0.3, -0.25) is 9.59 Å². The number of carbonyl (C=O) groups excluding carboxylic acids is 2. The van der Waals surface area contributed by atoms with Crippen molar-refractivity contribution in [1.82, 2.24) is 10.6 Å². The van der Waals surface area contributed by atoms with Gasteiger partial charge in [-0.2, -0.15) is 0 Å². The molecule has 0 saturated heterocycles. The largest absolute Gasteiger partial charge is 0.352 e. The summed E-state index contributed by atoms with van der Waals surface area (Å²) in [6.45, 7) is 0.592. The van der Waals surface area contributed by atoms with Crippen LogP contribution in [0.15, 0.2) is 59.5 Å². The summed E-state index contributed by atoms with van der Waals surface area (Å²) >= 11 is 1.47. The van der Waals surface area contributed by atoms with Gasteiger partial charge in [-0.1, -0.05) is 42.5 Å². The van der Waals surface area contributed by atoms with Crippen LogP contribution in [0, 0.1) is 17.8 Å². The van der Waals surface area contributed by atoms with E-state index in [0.29, 0.717) is 17.9 Å². The van der Waals surface area contributed by atoms with Crippen molar-refractivity contribution in [2.45, 2.75) is 55.4 Å². The molecular weight excluding hydrogens is 416 g/mol. The summed E-state index contributed by atoms with van der Waals surface area (Å²) in [5.74, 6) is 2.83. The van der Waals surface area contributed by atoms with E-state index in [0.717, 1.165) is 48.3 Å². The molecule has 4 nitrogen and oxygen atoms in total. The molecule has 0 aliphatic heterocycles. The maximum absolute atomic E-state index is 12.9. The minimum Gasteiger partial charge on any atom is -0.352 e. The molecule has 6 rings (SSSR count). The van der Waals surface area contributed by atoms with Crippen molar-refractivity contribution >= 4 is 23.6 Å². The van der Waals surface area contributed by atoms with Gasteiger partial charge >= 0.3 is 0 Å². The monoisotopic (exact) mass is 448 g/mol. The Morgan fingerprint density at radius 2 is 1.50 bits per heavy atom. The van der Waals surface area contributed by atoms with Crippen LogP contribution in [0.25, 0.3) is 0 Å². The van der Waals surface area contributed by atoms with Crippen LogP contribution in [-0.2, 0) is 11.2 Å². The van der Waals surface area contributed by atoms with Gasteiger partial charge in [0.15, 0.2) is 0 Å². The number of hydrogen-bond donors (Lipinski definition) is 2. The lowest BCUT2D eigenvalue weighted by Crippen LogP contribution is -2.60. The van der Waals surface area contributed by atoms with Gasteiger partial charge in [0.25, 0.3) is 5.91 Å². The highest BCUT2D eigenvalue weighted by atomic mass is 32.2. The molecule has 4 saturated carbocycles. The minimum absolute atomic E-state index is 0.0424. The highest BCUT2D eigenvalue weighted by Gasteiger charge is 2.51. The van der Waals surface area contributed by atoms with Gasteiger partial charge in [0, 0.05) is 17.0 Å². The predicted octanol–water partition coefficient (Wildman–Crippen LogP) is 4.84. The Bertz CT molecular complexity index is 939. The van der Waals surface area contributed by atoms with Gasteiger partial charge in [-0.25, -0.2) is 0 Å². The number of amides is 2. The van der Waals surface area contributed by atoms with Crippen molar-refractivity contribution < 1.29 is 9.59 Å². The van der Waals surface area contributed by atoms with E-state index >= 15 is 0 Å². The average Bonchev–Trinajstić information content (AvgIpc) is 2.77. The molecule has 32 heavy (non-hydrogen) atoms. The molecule has 2 aromatic rings. The molecular formula is C27H32N2O2S. The summed E-state index contributed by atoms with van der Waals surface area (Å²) in [7, 11) is 0. The molecule has 0 atom stereocenters. The first-order chi connectivity index (χ1) is 15.6. The van der Waals surface area contributed by atoms with Crippen LogP contribution in [0.1, 0.15) is 54.4 Å². The Balaban J connectivity index is 1.15. The fraction of sp³-hybridized carbons (Fsp3) is 0.481. The first kappa shape index (κ1) is 21.6. The standard InChI is InChI=1S/C27H32N2O2S/c30-25(29-27-15-20-12-21(16-27)14-22(13-20)17-27)18-32-24-9-5-4-8-23(24)26(31)28-11-10-19-6-2-1-3-7-19/h1-9,20-22H,10-18H2,(H,28,31)(H,29,30). The number of rotatable bonds is 8. The zero-order valence-corrected chi connectivity index (χ0v) is 19.3. The molecule has 0 spiro atoms. The zero-order valence-electron chi connectivity index (χ0n) is 18.5. The van der Waals surface area contributed by atoms with E-state index < -0.39 is 0 Å². The molecule has 0 unspecified atom stereocenters. The number of nitrogens with one attached hydrogen (secondary N) is 2. The molecule has 4 fully saturated rings. The van der Waals surface area contributed by atoms with Gasteiger partial charge in [0.2, 0.25) is 5.91 Å². The van der Waals surface area contributed by atoms with Crippen molar-refractivity contribution in [2.75, 3.05) is 12.3 Å². The quantitative estimate of drug-likeness (QED) is 0.569. The van der Waals surface area contributed by atoms with Crippen LogP contribution >= 0.6 is 11.8 Å². The molecule has 4 bridgehead atoms. The maximum Gasteiger partial charge on any atom is 0.252 e. The SMILES string of the molecule is O=C(CSc1ccccc1C(=O)NCCc1ccccc1)NC12CC3CC(CC(C3)C1)C2. The number of carbonyl (C=O) groups is 2. The lowest BCUT2D eigenvalue weighted by atomic mass is 9.53. The molecule has 5 heteroatoms. The molecule has 2 aromatic carbocycles. The van der Waals surface area contributed by atoms with E-state index in [-0.39, 0.29) is 17.4 Å². The van der Waals surface area contributed by atoms with Crippen LogP contribution in [0.3, 0.4) is 0 Å². The second-order valence-corrected chi connectivity index (χ2v) is 11.0.